The maximum absolute atomic E-state index is 10.4. The molecule has 0 atom stereocenters. The second-order valence-electron chi connectivity index (χ2n) is 3.86. The number of rotatable bonds is 4. The van der Waals surface area contributed by atoms with Crippen LogP contribution in [-0.4, -0.2) is 31.9 Å². The second kappa shape index (κ2) is 5.29. The molecule has 0 amide bonds. The van der Waals surface area contributed by atoms with E-state index in [1.807, 2.05) is 0 Å². The second-order valence-corrected chi connectivity index (χ2v) is 4.80. The summed E-state index contributed by atoms with van der Waals surface area (Å²) in [5, 5.41) is 22.3. The lowest BCUT2D eigenvalue weighted by atomic mass is 9.96. The van der Waals surface area contributed by atoms with Crippen LogP contribution in [0.15, 0.2) is 5.16 Å². The third-order valence-corrected chi connectivity index (χ3v) is 3.61. The Kier molecular flexibility index (Phi) is 3.76. The van der Waals surface area contributed by atoms with Gasteiger partial charge in [0.2, 0.25) is 5.16 Å². The summed E-state index contributed by atoms with van der Waals surface area (Å²) in [6, 6.07) is 0.327. The molecular weight excluding hydrogens is 228 g/mol. The van der Waals surface area contributed by atoms with Gasteiger partial charge in [0.1, 0.15) is 0 Å². The summed E-state index contributed by atoms with van der Waals surface area (Å²) in [7, 11) is 0. The molecule has 2 rings (SSSR count). The van der Waals surface area contributed by atoms with Gasteiger partial charge in [-0.2, -0.15) is 0 Å². The minimum atomic E-state index is -1.09. The van der Waals surface area contributed by atoms with Crippen molar-refractivity contribution in [3.63, 3.8) is 0 Å². The van der Waals surface area contributed by atoms with Crippen LogP contribution in [0.2, 0.25) is 0 Å². The van der Waals surface area contributed by atoms with E-state index < -0.39 is 5.97 Å². The molecular formula is C9H13N4O2S-. The molecule has 0 aliphatic heterocycles. The molecule has 1 aromatic rings. The number of tetrazole rings is 1. The van der Waals surface area contributed by atoms with Gasteiger partial charge in [-0.1, -0.05) is 31.0 Å². The van der Waals surface area contributed by atoms with Gasteiger partial charge in [0.15, 0.2) is 0 Å². The Morgan fingerprint density at radius 1 is 1.44 bits per heavy atom. The summed E-state index contributed by atoms with van der Waals surface area (Å²) < 4.78 is 1.76. The lowest BCUT2D eigenvalue weighted by Crippen LogP contribution is -2.25. The van der Waals surface area contributed by atoms with E-state index >= 15 is 0 Å². The van der Waals surface area contributed by atoms with Crippen molar-refractivity contribution in [2.45, 2.75) is 43.3 Å². The van der Waals surface area contributed by atoms with Crippen LogP contribution >= 0.6 is 11.8 Å². The van der Waals surface area contributed by atoms with Crippen molar-refractivity contribution in [1.29, 1.82) is 0 Å². The molecule has 7 heteroatoms. The topological polar surface area (TPSA) is 83.7 Å². The Hall–Kier alpha value is -1.11. The van der Waals surface area contributed by atoms with E-state index in [4.69, 9.17) is 0 Å². The van der Waals surface area contributed by atoms with Crippen molar-refractivity contribution in [1.82, 2.24) is 20.2 Å². The van der Waals surface area contributed by atoms with Crippen LogP contribution in [0, 0.1) is 0 Å². The maximum atomic E-state index is 10.4. The Morgan fingerprint density at radius 2 is 2.19 bits per heavy atom. The van der Waals surface area contributed by atoms with Crippen molar-refractivity contribution in [3.05, 3.63) is 0 Å². The molecule has 16 heavy (non-hydrogen) atoms. The lowest BCUT2D eigenvalue weighted by Gasteiger charge is -2.21. The van der Waals surface area contributed by atoms with Crippen LogP contribution in [0.1, 0.15) is 38.1 Å². The average molecular weight is 241 g/mol. The van der Waals surface area contributed by atoms with Gasteiger partial charge in [0.25, 0.3) is 0 Å². The Morgan fingerprint density at radius 3 is 2.88 bits per heavy atom. The quantitative estimate of drug-likeness (QED) is 0.691. The zero-order valence-corrected chi connectivity index (χ0v) is 9.65. The van der Waals surface area contributed by atoms with E-state index in [1.165, 1.54) is 19.3 Å². The third kappa shape index (κ3) is 2.72. The first-order valence-corrected chi connectivity index (χ1v) is 6.36. The van der Waals surface area contributed by atoms with E-state index in [9.17, 15) is 9.90 Å². The Balaban J connectivity index is 2.02. The van der Waals surface area contributed by atoms with E-state index in [2.05, 4.69) is 15.5 Å². The molecule has 88 valence electrons. The third-order valence-electron chi connectivity index (χ3n) is 2.70. The molecule has 1 aliphatic carbocycles. The number of thioether (sulfide) groups is 1. The number of carboxylic acid groups (broad SMARTS) is 1. The highest BCUT2D eigenvalue weighted by Gasteiger charge is 2.19. The van der Waals surface area contributed by atoms with Crippen LogP contribution in [0.3, 0.4) is 0 Å². The summed E-state index contributed by atoms with van der Waals surface area (Å²) in [4.78, 5) is 10.4. The van der Waals surface area contributed by atoms with Gasteiger partial charge in [0.05, 0.1) is 12.0 Å². The SMILES string of the molecule is O=C([O-])CSc1nnnn1C1CCCCC1. The maximum Gasteiger partial charge on any atom is 0.209 e. The molecule has 0 N–H and O–H groups in total. The van der Waals surface area contributed by atoms with Crippen molar-refractivity contribution >= 4 is 17.7 Å². The number of hydrogen-bond acceptors (Lipinski definition) is 6. The predicted octanol–water partition coefficient (Wildman–Crippen LogP) is 0.0203. The van der Waals surface area contributed by atoms with E-state index in [1.54, 1.807) is 4.68 Å². The number of carboxylic acids is 1. The highest BCUT2D eigenvalue weighted by molar-refractivity contribution is 7.99. The van der Waals surface area contributed by atoms with Gasteiger partial charge < -0.3 is 9.90 Å². The standard InChI is InChI=1S/C9H14N4O2S/c14-8(15)6-16-9-10-11-12-13(9)7-4-2-1-3-5-7/h7H,1-6H2,(H,14,15)/p-1. The molecule has 1 saturated carbocycles. The minimum Gasteiger partial charge on any atom is -0.549 e. The van der Waals surface area contributed by atoms with Gasteiger partial charge in [-0.25, -0.2) is 4.68 Å². The highest BCUT2D eigenvalue weighted by atomic mass is 32.2. The van der Waals surface area contributed by atoms with Crippen LogP contribution in [-0.2, 0) is 4.79 Å². The fourth-order valence-electron chi connectivity index (χ4n) is 1.96. The average Bonchev–Trinajstić information content (AvgIpc) is 2.75. The summed E-state index contributed by atoms with van der Waals surface area (Å²) >= 11 is 1.12. The monoisotopic (exact) mass is 241 g/mol. The van der Waals surface area contributed by atoms with Crippen molar-refractivity contribution < 1.29 is 9.90 Å². The van der Waals surface area contributed by atoms with Crippen LogP contribution in [0.5, 0.6) is 0 Å². The summed E-state index contributed by atoms with van der Waals surface area (Å²) in [5.74, 6) is -1.20. The Labute approximate surface area is 97.4 Å². The molecule has 0 unspecified atom stereocenters. The molecule has 0 bridgehead atoms. The number of carbonyl (C=O) groups is 1. The van der Waals surface area contributed by atoms with E-state index in [-0.39, 0.29) is 5.75 Å². The lowest BCUT2D eigenvalue weighted by molar-refractivity contribution is -0.301. The molecule has 0 saturated heterocycles. The fourth-order valence-corrected chi connectivity index (χ4v) is 2.62. The summed E-state index contributed by atoms with van der Waals surface area (Å²) in [6.07, 6.45) is 5.79. The van der Waals surface area contributed by atoms with Crippen molar-refractivity contribution in [3.8, 4) is 0 Å². The molecule has 1 aromatic heterocycles. The van der Waals surface area contributed by atoms with E-state index in [0.29, 0.717) is 11.2 Å². The number of nitrogens with zero attached hydrogens (tertiary/aromatic N) is 4. The smallest absolute Gasteiger partial charge is 0.209 e. The largest absolute Gasteiger partial charge is 0.549 e. The van der Waals surface area contributed by atoms with Crippen LogP contribution in [0.25, 0.3) is 0 Å². The van der Waals surface area contributed by atoms with Gasteiger partial charge >= 0.3 is 0 Å². The Bertz CT molecular complexity index is 362. The van der Waals surface area contributed by atoms with E-state index in [0.717, 1.165) is 24.6 Å². The van der Waals surface area contributed by atoms with Crippen molar-refractivity contribution in [2.24, 2.45) is 0 Å². The van der Waals surface area contributed by atoms with Crippen molar-refractivity contribution in [2.75, 3.05) is 5.75 Å². The first kappa shape index (κ1) is 11.4. The van der Waals surface area contributed by atoms with Crippen LogP contribution in [0.4, 0.5) is 0 Å². The molecule has 1 heterocycles. The zero-order valence-electron chi connectivity index (χ0n) is 8.83. The van der Waals surface area contributed by atoms with Crippen LogP contribution < -0.4 is 5.11 Å². The normalized spacial score (nSPS) is 17.5. The fraction of sp³-hybridized carbons (Fsp3) is 0.778. The molecule has 1 fully saturated rings. The first-order chi connectivity index (χ1) is 7.77. The van der Waals surface area contributed by atoms with Gasteiger partial charge in [-0.3, -0.25) is 0 Å². The first-order valence-electron chi connectivity index (χ1n) is 5.38. The number of carbonyl (C=O) groups excluding carboxylic acids is 1. The number of aliphatic carboxylic acids is 1. The molecule has 0 radical (unpaired) electrons. The molecule has 6 nitrogen and oxygen atoms in total. The number of aromatic nitrogens is 4. The van der Waals surface area contributed by atoms with Gasteiger partial charge in [0, 0.05) is 5.75 Å². The number of hydrogen-bond donors (Lipinski definition) is 0. The summed E-state index contributed by atoms with van der Waals surface area (Å²) in [5.41, 5.74) is 0. The highest BCUT2D eigenvalue weighted by Crippen LogP contribution is 2.29. The molecule has 0 spiro atoms. The predicted molar refractivity (Wildman–Crippen MR) is 55.7 cm³/mol. The summed E-state index contributed by atoms with van der Waals surface area (Å²) in [6.45, 7) is 0. The molecule has 1 aliphatic rings. The van der Waals surface area contributed by atoms with Gasteiger partial charge in [-0.15, -0.1) is 5.10 Å². The van der Waals surface area contributed by atoms with Gasteiger partial charge in [-0.05, 0) is 23.3 Å². The molecule has 0 aromatic carbocycles. The minimum absolute atomic E-state index is 0.104. The zero-order chi connectivity index (χ0) is 11.4.